The normalized spacial score (nSPS) is 13.3. The van der Waals surface area contributed by atoms with Crippen molar-refractivity contribution in [1.29, 1.82) is 0 Å². The van der Waals surface area contributed by atoms with Crippen LogP contribution in [0.15, 0.2) is 52.0 Å². The summed E-state index contributed by atoms with van der Waals surface area (Å²) in [7, 11) is -0.472. The zero-order chi connectivity index (χ0) is 17.3. The number of benzene rings is 1. The summed E-state index contributed by atoms with van der Waals surface area (Å²) in [5.74, 6) is 1.07. The summed E-state index contributed by atoms with van der Waals surface area (Å²) in [6.07, 6.45) is 1.52. The fourth-order valence-corrected chi connectivity index (χ4v) is 3.73. The Balaban J connectivity index is 1.97. The molecular weight excluding hydrogens is 330 g/mol. The third-order valence-electron chi connectivity index (χ3n) is 3.89. The Bertz CT molecular complexity index is 934. The molecule has 3 aromatic rings. The molecule has 1 unspecified atom stereocenters. The average Bonchev–Trinajstić information content (AvgIpc) is 3.25. The van der Waals surface area contributed by atoms with E-state index in [-0.39, 0.29) is 4.90 Å². The van der Waals surface area contributed by atoms with Crippen LogP contribution in [0, 0.1) is 0 Å². The van der Waals surface area contributed by atoms with Crippen molar-refractivity contribution in [2.45, 2.75) is 17.9 Å². The van der Waals surface area contributed by atoms with Crippen molar-refractivity contribution in [3.8, 4) is 11.4 Å². The van der Waals surface area contributed by atoms with Gasteiger partial charge in [0.25, 0.3) is 0 Å². The number of aryl methyl sites for hydroxylation is 1. The molecular formula is C15H17N5O3S. The van der Waals surface area contributed by atoms with Gasteiger partial charge < -0.3 is 4.42 Å². The molecule has 24 heavy (non-hydrogen) atoms. The van der Waals surface area contributed by atoms with E-state index in [1.54, 1.807) is 50.4 Å². The molecule has 2 aromatic heterocycles. The predicted octanol–water partition coefficient (Wildman–Crippen LogP) is 1.85. The van der Waals surface area contributed by atoms with Crippen LogP contribution >= 0.6 is 0 Å². The summed E-state index contributed by atoms with van der Waals surface area (Å²) in [4.78, 5) is 0.170. The van der Waals surface area contributed by atoms with Crippen molar-refractivity contribution in [2.24, 2.45) is 7.05 Å². The first-order valence-corrected chi connectivity index (χ1v) is 8.69. The Kier molecular flexibility index (Phi) is 4.20. The molecule has 0 amide bonds. The van der Waals surface area contributed by atoms with Crippen LogP contribution < -0.4 is 0 Å². The second-order valence-electron chi connectivity index (χ2n) is 5.37. The molecule has 1 atom stereocenters. The lowest BCUT2D eigenvalue weighted by Gasteiger charge is -2.23. The number of sulfonamides is 1. The van der Waals surface area contributed by atoms with Crippen molar-refractivity contribution in [3.05, 3.63) is 48.4 Å². The zero-order valence-corrected chi connectivity index (χ0v) is 14.3. The van der Waals surface area contributed by atoms with E-state index >= 15 is 0 Å². The molecule has 0 N–H and O–H groups in total. The van der Waals surface area contributed by atoms with Gasteiger partial charge >= 0.3 is 0 Å². The first kappa shape index (κ1) is 16.3. The zero-order valence-electron chi connectivity index (χ0n) is 13.5. The van der Waals surface area contributed by atoms with Crippen LogP contribution in [0.5, 0.6) is 0 Å². The van der Waals surface area contributed by atoms with Crippen LogP contribution in [-0.2, 0) is 17.1 Å². The highest BCUT2D eigenvalue weighted by molar-refractivity contribution is 7.89. The van der Waals surface area contributed by atoms with Crippen LogP contribution in [0.4, 0.5) is 0 Å². The third-order valence-corrected chi connectivity index (χ3v) is 5.81. The minimum absolute atomic E-state index is 0.170. The van der Waals surface area contributed by atoms with E-state index in [9.17, 15) is 8.42 Å². The summed E-state index contributed by atoms with van der Waals surface area (Å²) in [6.45, 7) is 1.77. The van der Waals surface area contributed by atoms with Gasteiger partial charge in [0.05, 0.1) is 17.2 Å². The van der Waals surface area contributed by atoms with Gasteiger partial charge in [0, 0.05) is 19.7 Å². The quantitative estimate of drug-likeness (QED) is 0.699. The van der Waals surface area contributed by atoms with Gasteiger partial charge in [-0.05, 0) is 41.6 Å². The lowest BCUT2D eigenvalue weighted by atomic mass is 10.2. The molecule has 0 saturated heterocycles. The minimum Gasteiger partial charge on any atom is -0.468 e. The van der Waals surface area contributed by atoms with Crippen molar-refractivity contribution in [1.82, 2.24) is 24.5 Å². The van der Waals surface area contributed by atoms with Crippen LogP contribution in [-0.4, -0.2) is 40.0 Å². The van der Waals surface area contributed by atoms with Crippen LogP contribution in [0.25, 0.3) is 11.4 Å². The number of tetrazole rings is 1. The largest absolute Gasteiger partial charge is 0.468 e. The van der Waals surface area contributed by atoms with Crippen molar-refractivity contribution in [3.63, 3.8) is 0 Å². The van der Waals surface area contributed by atoms with Crippen LogP contribution in [0.2, 0.25) is 0 Å². The number of nitrogens with zero attached hydrogens (tertiary/aromatic N) is 5. The lowest BCUT2D eigenvalue weighted by molar-refractivity contribution is 0.340. The monoisotopic (exact) mass is 347 g/mol. The minimum atomic E-state index is -3.70. The summed E-state index contributed by atoms with van der Waals surface area (Å²) >= 11 is 0. The molecule has 2 heterocycles. The van der Waals surface area contributed by atoms with E-state index in [1.807, 2.05) is 0 Å². The van der Waals surface area contributed by atoms with Gasteiger partial charge in [0.2, 0.25) is 10.0 Å². The SMILES string of the molecule is CC(c1ccco1)N(C)S(=O)(=O)c1cccc(-c2nnnn2C)c1. The van der Waals surface area contributed by atoms with Gasteiger partial charge in [-0.25, -0.2) is 13.1 Å². The molecule has 9 heteroatoms. The van der Waals surface area contributed by atoms with Gasteiger partial charge in [-0.15, -0.1) is 5.10 Å². The maximum atomic E-state index is 12.9. The van der Waals surface area contributed by atoms with Crippen LogP contribution in [0.1, 0.15) is 18.7 Å². The van der Waals surface area contributed by atoms with E-state index in [0.717, 1.165) is 0 Å². The van der Waals surface area contributed by atoms with E-state index in [0.29, 0.717) is 17.1 Å². The Morgan fingerprint density at radius 1 is 1.25 bits per heavy atom. The molecule has 0 spiro atoms. The van der Waals surface area contributed by atoms with Crippen molar-refractivity contribution >= 4 is 10.0 Å². The molecule has 0 bridgehead atoms. The second-order valence-corrected chi connectivity index (χ2v) is 7.36. The molecule has 0 aliphatic heterocycles. The summed E-state index contributed by atoms with van der Waals surface area (Å²) < 4.78 is 33.9. The van der Waals surface area contributed by atoms with Gasteiger partial charge in [0.1, 0.15) is 5.76 Å². The highest BCUT2D eigenvalue weighted by atomic mass is 32.2. The first-order valence-electron chi connectivity index (χ1n) is 7.25. The number of rotatable bonds is 5. The van der Waals surface area contributed by atoms with Crippen molar-refractivity contribution < 1.29 is 12.8 Å². The molecule has 3 rings (SSSR count). The molecule has 8 nitrogen and oxygen atoms in total. The molecule has 0 aliphatic carbocycles. The highest BCUT2D eigenvalue weighted by Gasteiger charge is 2.28. The van der Waals surface area contributed by atoms with Crippen LogP contribution in [0.3, 0.4) is 0 Å². The topological polar surface area (TPSA) is 94.1 Å². The lowest BCUT2D eigenvalue weighted by Crippen LogP contribution is -2.29. The molecule has 1 aromatic carbocycles. The Labute approximate surface area is 139 Å². The summed E-state index contributed by atoms with van der Waals surface area (Å²) in [6, 6.07) is 9.60. The number of hydrogen-bond acceptors (Lipinski definition) is 6. The Hall–Kier alpha value is -2.52. The smallest absolute Gasteiger partial charge is 0.243 e. The molecule has 0 saturated carbocycles. The molecule has 0 aliphatic rings. The molecule has 0 radical (unpaired) electrons. The van der Waals surface area contributed by atoms with E-state index in [2.05, 4.69) is 15.5 Å². The van der Waals surface area contributed by atoms with Gasteiger partial charge in [-0.1, -0.05) is 12.1 Å². The fraction of sp³-hybridized carbons (Fsp3) is 0.267. The number of hydrogen-bond donors (Lipinski definition) is 0. The Morgan fingerprint density at radius 2 is 2.04 bits per heavy atom. The molecule has 0 fully saturated rings. The van der Waals surface area contributed by atoms with Gasteiger partial charge in [-0.3, -0.25) is 0 Å². The first-order chi connectivity index (χ1) is 11.4. The summed E-state index contributed by atoms with van der Waals surface area (Å²) in [5, 5.41) is 11.3. The van der Waals surface area contributed by atoms with Gasteiger partial charge in [-0.2, -0.15) is 4.31 Å². The number of furan rings is 1. The fourth-order valence-electron chi connectivity index (χ4n) is 2.35. The predicted molar refractivity (Wildman–Crippen MR) is 86.3 cm³/mol. The average molecular weight is 347 g/mol. The van der Waals surface area contributed by atoms with Crippen molar-refractivity contribution in [2.75, 3.05) is 7.05 Å². The number of aromatic nitrogens is 4. The standard InChI is InChI=1S/C15H17N5O3S/c1-11(14-8-5-9-23-14)20(3)24(21,22)13-7-4-6-12(10-13)15-16-17-18-19(15)2/h4-11H,1-3H3. The maximum absolute atomic E-state index is 12.9. The van der Waals surface area contributed by atoms with Gasteiger partial charge in [0.15, 0.2) is 5.82 Å². The van der Waals surface area contributed by atoms with E-state index in [4.69, 9.17) is 4.42 Å². The summed E-state index contributed by atoms with van der Waals surface area (Å²) in [5.41, 5.74) is 0.627. The highest BCUT2D eigenvalue weighted by Crippen LogP contribution is 2.27. The third kappa shape index (κ3) is 2.83. The maximum Gasteiger partial charge on any atom is 0.243 e. The van der Waals surface area contributed by atoms with E-state index < -0.39 is 16.1 Å². The second kappa shape index (κ2) is 6.17. The molecule has 126 valence electrons. The van der Waals surface area contributed by atoms with E-state index in [1.165, 1.54) is 22.3 Å². The Morgan fingerprint density at radius 3 is 2.67 bits per heavy atom.